The van der Waals surface area contributed by atoms with Crippen molar-refractivity contribution >= 4 is 5.91 Å². The van der Waals surface area contributed by atoms with Crippen LogP contribution in [0.2, 0.25) is 0 Å². The van der Waals surface area contributed by atoms with Crippen LogP contribution in [0.4, 0.5) is 8.78 Å². The molecule has 3 nitrogen and oxygen atoms in total. The number of halogens is 2. The summed E-state index contributed by atoms with van der Waals surface area (Å²) in [6, 6.07) is 3.36. The maximum atomic E-state index is 13.2. The van der Waals surface area contributed by atoms with Crippen molar-refractivity contribution in [3.05, 3.63) is 35.4 Å². The number of amides is 1. The van der Waals surface area contributed by atoms with Gasteiger partial charge >= 0.3 is 0 Å². The van der Waals surface area contributed by atoms with Crippen LogP contribution < -0.4 is 5.32 Å². The van der Waals surface area contributed by atoms with Gasteiger partial charge in [0, 0.05) is 18.7 Å². The van der Waals surface area contributed by atoms with Gasteiger partial charge in [-0.2, -0.15) is 0 Å². The van der Waals surface area contributed by atoms with E-state index in [1.165, 1.54) is 6.07 Å². The highest BCUT2D eigenvalue weighted by molar-refractivity contribution is 5.94. The van der Waals surface area contributed by atoms with Crippen molar-refractivity contribution in [2.45, 2.75) is 19.3 Å². The zero-order valence-electron chi connectivity index (χ0n) is 11.3. The number of nitrogens with zero attached hydrogens (tertiary/aromatic N) is 1. The molecule has 5 heteroatoms. The molecule has 2 saturated heterocycles. The van der Waals surface area contributed by atoms with Crippen LogP contribution in [-0.4, -0.2) is 37.0 Å². The summed E-state index contributed by atoms with van der Waals surface area (Å²) >= 11 is 0. The third kappa shape index (κ3) is 2.42. The van der Waals surface area contributed by atoms with Crippen LogP contribution in [0.15, 0.2) is 18.2 Å². The second-order valence-electron chi connectivity index (χ2n) is 5.86. The SMILES string of the molecule is O=C(c1ccc(F)c(F)c1)N1CCC2(CCNCC2)C1. The smallest absolute Gasteiger partial charge is 0.253 e. The molecule has 0 unspecified atom stereocenters. The second kappa shape index (κ2) is 5.13. The van der Waals surface area contributed by atoms with E-state index in [1.54, 1.807) is 4.90 Å². The van der Waals surface area contributed by atoms with Gasteiger partial charge in [0.2, 0.25) is 0 Å². The normalized spacial score (nSPS) is 21.4. The maximum absolute atomic E-state index is 13.2. The van der Waals surface area contributed by atoms with Gasteiger partial charge in [-0.25, -0.2) is 8.78 Å². The fraction of sp³-hybridized carbons (Fsp3) is 0.533. The van der Waals surface area contributed by atoms with Crippen molar-refractivity contribution in [1.29, 1.82) is 0 Å². The molecule has 0 aromatic heterocycles. The number of piperidine rings is 1. The van der Waals surface area contributed by atoms with Gasteiger partial charge in [0.25, 0.3) is 5.91 Å². The molecule has 0 atom stereocenters. The highest BCUT2D eigenvalue weighted by Crippen LogP contribution is 2.39. The molecule has 0 saturated carbocycles. The first-order valence-electron chi connectivity index (χ1n) is 7.05. The molecule has 3 rings (SSSR count). The molecule has 20 heavy (non-hydrogen) atoms. The Kier molecular flexibility index (Phi) is 3.46. The third-order valence-corrected chi connectivity index (χ3v) is 4.56. The van der Waals surface area contributed by atoms with E-state index in [1.807, 2.05) is 0 Å². The fourth-order valence-electron chi connectivity index (χ4n) is 3.29. The van der Waals surface area contributed by atoms with E-state index >= 15 is 0 Å². The van der Waals surface area contributed by atoms with Crippen molar-refractivity contribution in [2.24, 2.45) is 5.41 Å². The number of likely N-dealkylation sites (tertiary alicyclic amines) is 1. The van der Waals surface area contributed by atoms with Crippen molar-refractivity contribution in [3.63, 3.8) is 0 Å². The second-order valence-corrected chi connectivity index (χ2v) is 5.86. The van der Waals surface area contributed by atoms with Crippen molar-refractivity contribution < 1.29 is 13.6 Å². The van der Waals surface area contributed by atoms with E-state index in [4.69, 9.17) is 0 Å². The molecule has 0 bridgehead atoms. The average molecular weight is 280 g/mol. The molecule has 1 aromatic carbocycles. The summed E-state index contributed by atoms with van der Waals surface area (Å²) in [6.45, 7) is 3.42. The molecule has 1 N–H and O–H groups in total. The van der Waals surface area contributed by atoms with Crippen LogP contribution in [0, 0.1) is 17.0 Å². The first-order valence-corrected chi connectivity index (χ1v) is 7.05. The van der Waals surface area contributed by atoms with Gasteiger partial charge in [-0.05, 0) is 56.0 Å². The monoisotopic (exact) mass is 280 g/mol. The lowest BCUT2D eigenvalue weighted by atomic mass is 9.78. The van der Waals surface area contributed by atoms with Crippen LogP contribution in [0.3, 0.4) is 0 Å². The Labute approximate surface area is 117 Å². The number of rotatable bonds is 1. The van der Waals surface area contributed by atoms with E-state index in [2.05, 4.69) is 5.32 Å². The fourth-order valence-corrected chi connectivity index (χ4v) is 3.29. The topological polar surface area (TPSA) is 32.3 Å². The summed E-state index contributed by atoms with van der Waals surface area (Å²) in [5, 5.41) is 3.33. The van der Waals surface area contributed by atoms with Crippen LogP contribution >= 0.6 is 0 Å². The van der Waals surface area contributed by atoms with E-state index in [-0.39, 0.29) is 16.9 Å². The molecule has 2 heterocycles. The summed E-state index contributed by atoms with van der Waals surface area (Å²) in [4.78, 5) is 14.1. The quantitative estimate of drug-likeness (QED) is 0.855. The first kappa shape index (κ1) is 13.5. The molecule has 0 radical (unpaired) electrons. The number of carbonyl (C=O) groups excluding carboxylic acids is 1. The lowest BCUT2D eigenvalue weighted by Crippen LogP contribution is -2.39. The Morgan fingerprint density at radius 3 is 2.60 bits per heavy atom. The van der Waals surface area contributed by atoms with Gasteiger partial charge in [-0.3, -0.25) is 4.79 Å². The highest BCUT2D eigenvalue weighted by Gasteiger charge is 2.40. The number of benzene rings is 1. The van der Waals surface area contributed by atoms with Gasteiger partial charge in [0.1, 0.15) is 0 Å². The molecule has 2 aliphatic heterocycles. The lowest BCUT2D eigenvalue weighted by Gasteiger charge is -2.33. The summed E-state index contributed by atoms with van der Waals surface area (Å²) < 4.78 is 26.1. The van der Waals surface area contributed by atoms with E-state index in [0.29, 0.717) is 6.54 Å². The van der Waals surface area contributed by atoms with E-state index in [9.17, 15) is 13.6 Å². The Morgan fingerprint density at radius 1 is 1.15 bits per heavy atom. The summed E-state index contributed by atoms with van der Waals surface area (Å²) in [6.07, 6.45) is 3.16. The molecule has 2 aliphatic rings. The number of nitrogens with one attached hydrogen (secondary N) is 1. The minimum atomic E-state index is -0.966. The van der Waals surface area contributed by atoms with E-state index in [0.717, 1.165) is 51.0 Å². The van der Waals surface area contributed by atoms with Crippen LogP contribution in [0.25, 0.3) is 0 Å². The summed E-state index contributed by atoms with van der Waals surface area (Å²) in [7, 11) is 0. The Morgan fingerprint density at radius 2 is 1.90 bits per heavy atom. The number of hydrogen-bond donors (Lipinski definition) is 1. The van der Waals surface area contributed by atoms with Gasteiger partial charge in [0.15, 0.2) is 11.6 Å². The van der Waals surface area contributed by atoms with Crippen molar-refractivity contribution in [3.8, 4) is 0 Å². The van der Waals surface area contributed by atoms with Gasteiger partial charge < -0.3 is 10.2 Å². The average Bonchev–Trinajstić information content (AvgIpc) is 2.85. The number of carbonyl (C=O) groups is 1. The molecular weight excluding hydrogens is 262 g/mol. The van der Waals surface area contributed by atoms with Gasteiger partial charge in [0.05, 0.1) is 0 Å². The molecule has 108 valence electrons. The van der Waals surface area contributed by atoms with Crippen LogP contribution in [-0.2, 0) is 0 Å². The van der Waals surface area contributed by atoms with Gasteiger partial charge in [-0.15, -0.1) is 0 Å². The number of hydrogen-bond acceptors (Lipinski definition) is 2. The first-order chi connectivity index (χ1) is 9.60. The van der Waals surface area contributed by atoms with Crippen molar-refractivity contribution in [2.75, 3.05) is 26.2 Å². The Bertz CT molecular complexity index is 527. The zero-order chi connectivity index (χ0) is 14.2. The summed E-state index contributed by atoms with van der Waals surface area (Å²) in [5.74, 6) is -2.08. The van der Waals surface area contributed by atoms with Gasteiger partial charge in [-0.1, -0.05) is 0 Å². The highest BCUT2D eigenvalue weighted by atomic mass is 19.2. The molecule has 1 spiro atoms. The predicted octanol–water partition coefficient (Wildman–Crippen LogP) is 2.18. The molecule has 2 fully saturated rings. The predicted molar refractivity (Wildman–Crippen MR) is 71.4 cm³/mol. The minimum Gasteiger partial charge on any atom is -0.338 e. The molecular formula is C15H18F2N2O. The van der Waals surface area contributed by atoms with Crippen LogP contribution in [0.1, 0.15) is 29.6 Å². The lowest BCUT2D eigenvalue weighted by molar-refractivity contribution is 0.0761. The standard InChI is InChI=1S/C15H18F2N2O/c16-12-2-1-11(9-13(12)17)14(20)19-8-5-15(10-19)3-6-18-7-4-15/h1-2,9,18H,3-8,10H2. The molecule has 1 amide bonds. The van der Waals surface area contributed by atoms with Crippen molar-refractivity contribution in [1.82, 2.24) is 10.2 Å². The Balaban J connectivity index is 1.73. The van der Waals surface area contributed by atoms with Crippen LogP contribution in [0.5, 0.6) is 0 Å². The van der Waals surface area contributed by atoms with E-state index < -0.39 is 11.6 Å². The third-order valence-electron chi connectivity index (χ3n) is 4.56. The molecule has 1 aromatic rings. The molecule has 0 aliphatic carbocycles. The minimum absolute atomic E-state index is 0.195. The Hall–Kier alpha value is -1.49. The largest absolute Gasteiger partial charge is 0.338 e. The maximum Gasteiger partial charge on any atom is 0.253 e. The summed E-state index contributed by atoms with van der Waals surface area (Å²) in [5.41, 5.74) is 0.453. The zero-order valence-corrected chi connectivity index (χ0v) is 11.3.